The van der Waals surface area contributed by atoms with Crippen LogP contribution in [0.25, 0.3) is 0 Å². The Morgan fingerprint density at radius 1 is 1.14 bits per heavy atom. The number of ether oxygens (including phenoxy) is 2. The minimum absolute atomic E-state index is 0.416. The number of halogens is 1. The summed E-state index contributed by atoms with van der Waals surface area (Å²) in [6, 6.07) is 11.0. The number of carbonyl (C=O) groups is 1. The quantitative estimate of drug-likeness (QED) is 0.549. The Bertz CT molecular complexity index is 680. The average molecular weight is 363 g/mol. The van der Waals surface area contributed by atoms with Crippen molar-refractivity contribution in [2.45, 2.75) is 27.2 Å². The first-order valence-electron chi connectivity index (χ1n) is 7.23. The third-order valence-corrected chi connectivity index (χ3v) is 3.87. The van der Waals surface area contributed by atoms with Crippen molar-refractivity contribution in [3.8, 4) is 11.5 Å². The van der Waals surface area contributed by atoms with Gasteiger partial charge in [-0.25, -0.2) is 4.79 Å². The van der Waals surface area contributed by atoms with Crippen molar-refractivity contribution in [2.75, 3.05) is 6.61 Å². The SMILES string of the molecule is CCCOc1ccc(Br)cc1C(=O)Oc1cccc(C)c1C. The predicted molar refractivity (Wildman–Crippen MR) is 90.8 cm³/mol. The third kappa shape index (κ3) is 3.89. The zero-order valence-electron chi connectivity index (χ0n) is 13.0. The molecular weight excluding hydrogens is 344 g/mol. The van der Waals surface area contributed by atoms with Crippen molar-refractivity contribution in [3.05, 3.63) is 57.6 Å². The van der Waals surface area contributed by atoms with Gasteiger partial charge in [0.25, 0.3) is 0 Å². The first-order chi connectivity index (χ1) is 10.5. The number of aryl methyl sites for hydroxylation is 1. The minimum Gasteiger partial charge on any atom is -0.493 e. The highest BCUT2D eigenvalue weighted by molar-refractivity contribution is 9.10. The number of benzene rings is 2. The second-order valence-corrected chi connectivity index (χ2v) is 5.99. The first kappa shape index (κ1) is 16.6. The molecule has 0 heterocycles. The summed E-state index contributed by atoms with van der Waals surface area (Å²) >= 11 is 3.38. The lowest BCUT2D eigenvalue weighted by Gasteiger charge is -2.13. The van der Waals surface area contributed by atoms with Crippen LogP contribution in [0.2, 0.25) is 0 Å². The van der Waals surface area contributed by atoms with E-state index in [-0.39, 0.29) is 0 Å². The molecule has 0 N–H and O–H groups in total. The molecule has 0 bridgehead atoms. The van der Waals surface area contributed by atoms with E-state index in [2.05, 4.69) is 15.9 Å². The maximum Gasteiger partial charge on any atom is 0.347 e. The van der Waals surface area contributed by atoms with E-state index in [9.17, 15) is 4.79 Å². The fourth-order valence-corrected chi connectivity index (χ4v) is 2.35. The Labute approximate surface area is 139 Å². The molecule has 0 spiro atoms. The van der Waals surface area contributed by atoms with E-state index in [1.54, 1.807) is 18.2 Å². The molecule has 0 aromatic heterocycles. The van der Waals surface area contributed by atoms with Crippen molar-refractivity contribution >= 4 is 21.9 Å². The van der Waals surface area contributed by atoms with E-state index in [0.29, 0.717) is 23.7 Å². The zero-order chi connectivity index (χ0) is 16.1. The molecule has 3 nitrogen and oxygen atoms in total. The van der Waals surface area contributed by atoms with E-state index < -0.39 is 5.97 Å². The standard InChI is InChI=1S/C18H19BrO3/c1-4-10-21-17-9-8-14(19)11-15(17)18(20)22-16-7-5-6-12(2)13(16)3/h5-9,11H,4,10H2,1-3H3. The fraction of sp³-hybridized carbons (Fsp3) is 0.278. The molecule has 0 aliphatic carbocycles. The molecule has 0 saturated heterocycles. The van der Waals surface area contributed by atoms with E-state index in [4.69, 9.17) is 9.47 Å². The summed E-state index contributed by atoms with van der Waals surface area (Å²) in [5.74, 6) is 0.702. The van der Waals surface area contributed by atoms with Crippen LogP contribution in [-0.4, -0.2) is 12.6 Å². The summed E-state index contributed by atoms with van der Waals surface area (Å²) in [5.41, 5.74) is 2.47. The molecule has 0 radical (unpaired) electrons. The number of hydrogen-bond donors (Lipinski definition) is 0. The van der Waals surface area contributed by atoms with Crippen LogP contribution >= 0.6 is 15.9 Å². The van der Waals surface area contributed by atoms with Crippen LogP contribution in [0.15, 0.2) is 40.9 Å². The number of carbonyl (C=O) groups excluding carboxylic acids is 1. The third-order valence-electron chi connectivity index (χ3n) is 3.38. The summed E-state index contributed by atoms with van der Waals surface area (Å²) in [7, 11) is 0. The highest BCUT2D eigenvalue weighted by atomic mass is 79.9. The summed E-state index contributed by atoms with van der Waals surface area (Å²) in [5, 5.41) is 0. The van der Waals surface area contributed by atoms with Gasteiger partial charge < -0.3 is 9.47 Å². The lowest BCUT2D eigenvalue weighted by atomic mass is 10.1. The van der Waals surface area contributed by atoms with Gasteiger partial charge in [0, 0.05) is 4.47 Å². The Morgan fingerprint density at radius 2 is 1.91 bits per heavy atom. The van der Waals surface area contributed by atoms with Gasteiger partial charge >= 0.3 is 5.97 Å². The van der Waals surface area contributed by atoms with Gasteiger partial charge in [0.2, 0.25) is 0 Å². The normalized spacial score (nSPS) is 10.4. The molecule has 0 aliphatic rings. The van der Waals surface area contributed by atoms with Crippen molar-refractivity contribution in [1.29, 1.82) is 0 Å². The topological polar surface area (TPSA) is 35.5 Å². The van der Waals surface area contributed by atoms with Crippen molar-refractivity contribution in [2.24, 2.45) is 0 Å². The monoisotopic (exact) mass is 362 g/mol. The van der Waals surface area contributed by atoms with Crippen LogP contribution in [0.4, 0.5) is 0 Å². The summed E-state index contributed by atoms with van der Waals surface area (Å²) in [6.07, 6.45) is 0.877. The van der Waals surface area contributed by atoms with Crippen molar-refractivity contribution in [3.63, 3.8) is 0 Å². The molecule has 0 atom stereocenters. The van der Waals surface area contributed by atoms with Crippen molar-refractivity contribution < 1.29 is 14.3 Å². The summed E-state index contributed by atoms with van der Waals surface area (Å²) in [4.78, 5) is 12.5. The molecule has 22 heavy (non-hydrogen) atoms. The summed E-state index contributed by atoms with van der Waals surface area (Å²) in [6.45, 7) is 6.51. The molecule has 2 aromatic carbocycles. The van der Waals surface area contributed by atoms with E-state index in [0.717, 1.165) is 22.0 Å². The Balaban J connectivity index is 2.28. The van der Waals surface area contributed by atoms with Crippen molar-refractivity contribution in [1.82, 2.24) is 0 Å². The largest absolute Gasteiger partial charge is 0.493 e. The van der Waals surface area contributed by atoms with Gasteiger partial charge in [-0.3, -0.25) is 0 Å². The Kier molecular flexibility index (Phi) is 5.61. The summed E-state index contributed by atoms with van der Waals surface area (Å²) < 4.78 is 12.0. The van der Waals surface area contributed by atoms with Gasteiger partial charge in [0.1, 0.15) is 17.1 Å². The van der Waals surface area contributed by atoms with E-state index >= 15 is 0 Å². The minimum atomic E-state index is -0.416. The van der Waals surface area contributed by atoms with Crippen LogP contribution in [-0.2, 0) is 0 Å². The number of hydrogen-bond acceptors (Lipinski definition) is 3. The molecular formula is C18H19BrO3. The Morgan fingerprint density at radius 3 is 2.64 bits per heavy atom. The fourth-order valence-electron chi connectivity index (χ4n) is 1.99. The van der Waals surface area contributed by atoms with Gasteiger partial charge in [-0.1, -0.05) is 35.0 Å². The second kappa shape index (κ2) is 7.45. The van der Waals surface area contributed by atoms with Gasteiger partial charge in [-0.05, 0) is 55.7 Å². The van der Waals surface area contributed by atoms with Gasteiger partial charge in [-0.15, -0.1) is 0 Å². The van der Waals surface area contributed by atoms with Gasteiger partial charge in [0.05, 0.1) is 6.61 Å². The van der Waals surface area contributed by atoms with Gasteiger partial charge in [-0.2, -0.15) is 0 Å². The first-order valence-corrected chi connectivity index (χ1v) is 8.03. The van der Waals surface area contributed by atoms with Crippen LogP contribution in [0.5, 0.6) is 11.5 Å². The lowest BCUT2D eigenvalue weighted by Crippen LogP contribution is -2.12. The highest BCUT2D eigenvalue weighted by Gasteiger charge is 2.17. The van der Waals surface area contributed by atoms with E-state index in [1.807, 2.05) is 39.0 Å². The lowest BCUT2D eigenvalue weighted by molar-refractivity contribution is 0.0729. The predicted octanol–water partition coefficient (Wildman–Crippen LogP) is 5.07. The average Bonchev–Trinajstić information content (AvgIpc) is 2.50. The molecule has 0 unspecified atom stereocenters. The van der Waals surface area contributed by atoms with Gasteiger partial charge in [0.15, 0.2) is 0 Å². The molecule has 0 fully saturated rings. The molecule has 116 valence electrons. The van der Waals surface area contributed by atoms with Crippen LogP contribution < -0.4 is 9.47 Å². The molecule has 2 aromatic rings. The molecule has 0 aliphatic heterocycles. The maximum absolute atomic E-state index is 12.5. The molecule has 4 heteroatoms. The molecule has 2 rings (SSSR count). The van der Waals surface area contributed by atoms with Crippen LogP contribution in [0, 0.1) is 13.8 Å². The number of rotatable bonds is 5. The molecule has 0 amide bonds. The number of esters is 1. The van der Waals surface area contributed by atoms with Crippen LogP contribution in [0.1, 0.15) is 34.8 Å². The Hall–Kier alpha value is -1.81. The second-order valence-electron chi connectivity index (χ2n) is 5.08. The van der Waals surface area contributed by atoms with E-state index in [1.165, 1.54) is 0 Å². The van der Waals surface area contributed by atoms with Crippen LogP contribution in [0.3, 0.4) is 0 Å². The highest BCUT2D eigenvalue weighted by Crippen LogP contribution is 2.27. The molecule has 0 saturated carbocycles. The smallest absolute Gasteiger partial charge is 0.347 e. The maximum atomic E-state index is 12.5. The zero-order valence-corrected chi connectivity index (χ0v) is 14.6.